The van der Waals surface area contributed by atoms with Crippen molar-refractivity contribution in [2.24, 2.45) is 0 Å². The van der Waals surface area contributed by atoms with Crippen LogP contribution in [0.2, 0.25) is 0 Å². The van der Waals surface area contributed by atoms with Gasteiger partial charge in [-0.1, -0.05) is 12.1 Å². The van der Waals surface area contributed by atoms with Crippen molar-refractivity contribution in [2.45, 2.75) is 13.3 Å². The van der Waals surface area contributed by atoms with Crippen LogP contribution in [0.25, 0.3) is 10.9 Å². The lowest BCUT2D eigenvalue weighted by Gasteiger charge is -2.20. The van der Waals surface area contributed by atoms with Crippen LogP contribution in [0.3, 0.4) is 0 Å². The highest BCUT2D eigenvalue weighted by Crippen LogP contribution is 2.20. The predicted molar refractivity (Wildman–Crippen MR) is 77.5 cm³/mol. The fourth-order valence-electron chi connectivity index (χ4n) is 2.32. The number of aromatic amines is 1. The maximum Gasteiger partial charge on any atom is 0.227 e. The summed E-state index contributed by atoms with van der Waals surface area (Å²) in [6.07, 6.45) is 2.11. The highest BCUT2D eigenvalue weighted by molar-refractivity contribution is 5.89. The lowest BCUT2D eigenvalue weighted by molar-refractivity contribution is -0.131. The molecule has 0 saturated heterocycles. The second-order valence-corrected chi connectivity index (χ2v) is 4.87. The predicted octanol–water partition coefficient (Wildman–Crippen LogP) is 0.832. The van der Waals surface area contributed by atoms with Crippen LogP contribution in [0.4, 0.5) is 0 Å². The van der Waals surface area contributed by atoms with Crippen LogP contribution in [0.5, 0.6) is 0 Å². The minimum atomic E-state index is -0.0984. The molecule has 0 atom stereocenters. The van der Waals surface area contributed by atoms with E-state index in [2.05, 4.69) is 4.98 Å². The Morgan fingerprint density at radius 2 is 1.95 bits per heavy atom. The lowest BCUT2D eigenvalue weighted by Crippen LogP contribution is -2.36. The summed E-state index contributed by atoms with van der Waals surface area (Å²) in [6, 6.07) is 6.07. The van der Waals surface area contributed by atoms with Gasteiger partial charge >= 0.3 is 0 Å². The van der Waals surface area contributed by atoms with Gasteiger partial charge in [0.25, 0.3) is 0 Å². The molecule has 0 aliphatic rings. The molecular weight excluding hydrogens is 256 g/mol. The molecule has 0 saturated carbocycles. The molecule has 1 aromatic carbocycles. The number of nitrogens with zero attached hydrogens (tertiary/aromatic N) is 1. The Morgan fingerprint density at radius 1 is 1.25 bits per heavy atom. The molecule has 1 amide bonds. The molecule has 5 heteroatoms. The van der Waals surface area contributed by atoms with Crippen LogP contribution in [-0.4, -0.2) is 52.3 Å². The standard InChI is InChI=1S/C15H20N2O3/c1-11-2-3-13-12(10-16-14(13)8-11)9-15(20)17(4-6-18)5-7-19/h2-3,8,10,16,18-19H,4-7,9H2,1H3. The van der Waals surface area contributed by atoms with Crippen molar-refractivity contribution in [1.29, 1.82) is 0 Å². The Balaban J connectivity index is 2.16. The Kier molecular flexibility index (Phi) is 4.76. The maximum absolute atomic E-state index is 12.2. The van der Waals surface area contributed by atoms with E-state index in [0.717, 1.165) is 16.5 Å². The first kappa shape index (κ1) is 14.6. The van der Waals surface area contributed by atoms with Crippen molar-refractivity contribution < 1.29 is 15.0 Å². The van der Waals surface area contributed by atoms with Gasteiger partial charge in [0.15, 0.2) is 0 Å². The van der Waals surface area contributed by atoms with Gasteiger partial charge in [-0.05, 0) is 24.1 Å². The molecule has 108 valence electrons. The van der Waals surface area contributed by atoms with Gasteiger partial charge in [-0.25, -0.2) is 0 Å². The molecule has 20 heavy (non-hydrogen) atoms. The number of fused-ring (bicyclic) bond motifs is 1. The third-order valence-electron chi connectivity index (χ3n) is 3.36. The summed E-state index contributed by atoms with van der Waals surface area (Å²) in [7, 11) is 0. The van der Waals surface area contributed by atoms with Crippen LogP contribution in [0.15, 0.2) is 24.4 Å². The molecule has 0 spiro atoms. The van der Waals surface area contributed by atoms with Gasteiger partial charge < -0.3 is 20.1 Å². The zero-order valence-corrected chi connectivity index (χ0v) is 11.6. The molecule has 2 aromatic rings. The molecule has 1 heterocycles. The average molecular weight is 276 g/mol. The Bertz CT molecular complexity index is 586. The van der Waals surface area contributed by atoms with Gasteiger partial charge in [0.1, 0.15) is 0 Å². The van der Waals surface area contributed by atoms with Crippen LogP contribution in [-0.2, 0) is 11.2 Å². The van der Waals surface area contributed by atoms with Crippen molar-refractivity contribution in [2.75, 3.05) is 26.3 Å². The fourth-order valence-corrected chi connectivity index (χ4v) is 2.32. The van der Waals surface area contributed by atoms with E-state index in [4.69, 9.17) is 10.2 Å². The highest BCUT2D eigenvalue weighted by atomic mass is 16.3. The fraction of sp³-hybridized carbons (Fsp3) is 0.400. The largest absolute Gasteiger partial charge is 0.395 e. The van der Waals surface area contributed by atoms with E-state index < -0.39 is 0 Å². The number of carbonyl (C=O) groups is 1. The summed E-state index contributed by atoms with van der Waals surface area (Å²) in [4.78, 5) is 16.8. The summed E-state index contributed by atoms with van der Waals surface area (Å²) in [5.74, 6) is -0.0884. The van der Waals surface area contributed by atoms with Gasteiger partial charge in [-0.3, -0.25) is 4.79 Å². The van der Waals surface area contributed by atoms with Crippen molar-refractivity contribution in [3.63, 3.8) is 0 Å². The third kappa shape index (κ3) is 3.18. The number of hydrogen-bond donors (Lipinski definition) is 3. The number of hydrogen-bond acceptors (Lipinski definition) is 3. The van der Waals surface area contributed by atoms with Crippen LogP contribution in [0.1, 0.15) is 11.1 Å². The second kappa shape index (κ2) is 6.54. The molecule has 0 aliphatic heterocycles. The quantitative estimate of drug-likeness (QED) is 0.731. The molecular formula is C15H20N2O3. The minimum absolute atomic E-state index is 0.0884. The molecule has 0 bridgehead atoms. The van der Waals surface area contributed by atoms with Crippen LogP contribution in [0, 0.1) is 6.92 Å². The van der Waals surface area contributed by atoms with Gasteiger partial charge in [0, 0.05) is 30.2 Å². The van der Waals surface area contributed by atoms with E-state index in [9.17, 15) is 4.79 Å². The van der Waals surface area contributed by atoms with Crippen LogP contribution < -0.4 is 0 Å². The molecule has 0 unspecified atom stereocenters. The SMILES string of the molecule is Cc1ccc2c(CC(=O)N(CCO)CCO)c[nH]c2c1. The third-order valence-corrected chi connectivity index (χ3v) is 3.36. The minimum Gasteiger partial charge on any atom is -0.395 e. The van der Waals surface area contributed by atoms with Crippen LogP contribution >= 0.6 is 0 Å². The van der Waals surface area contributed by atoms with E-state index in [0.29, 0.717) is 0 Å². The number of H-pyrrole nitrogens is 1. The van der Waals surface area contributed by atoms with Gasteiger partial charge in [0.2, 0.25) is 5.91 Å². The zero-order valence-electron chi connectivity index (χ0n) is 11.6. The number of amides is 1. The van der Waals surface area contributed by atoms with Gasteiger partial charge in [-0.2, -0.15) is 0 Å². The Hall–Kier alpha value is -1.85. The molecule has 0 aliphatic carbocycles. The van der Waals surface area contributed by atoms with E-state index in [1.807, 2.05) is 31.3 Å². The summed E-state index contributed by atoms with van der Waals surface area (Å²) >= 11 is 0. The molecule has 5 nitrogen and oxygen atoms in total. The average Bonchev–Trinajstić information content (AvgIpc) is 2.80. The molecule has 0 fully saturated rings. The molecule has 3 N–H and O–H groups in total. The van der Waals surface area contributed by atoms with E-state index in [1.54, 1.807) is 0 Å². The molecule has 0 radical (unpaired) electrons. The van der Waals surface area contributed by atoms with Crippen molar-refractivity contribution in [1.82, 2.24) is 9.88 Å². The number of benzene rings is 1. The monoisotopic (exact) mass is 276 g/mol. The zero-order chi connectivity index (χ0) is 14.5. The lowest BCUT2D eigenvalue weighted by atomic mass is 10.1. The van der Waals surface area contributed by atoms with Crippen molar-refractivity contribution >= 4 is 16.8 Å². The number of nitrogens with one attached hydrogen (secondary N) is 1. The first-order chi connectivity index (χ1) is 9.65. The number of aromatic nitrogens is 1. The number of aryl methyl sites for hydroxylation is 1. The number of aliphatic hydroxyl groups is 2. The van der Waals surface area contributed by atoms with Gasteiger partial charge in [-0.15, -0.1) is 0 Å². The summed E-state index contributed by atoms with van der Waals surface area (Å²) in [5.41, 5.74) is 3.12. The van der Waals surface area contributed by atoms with Crippen molar-refractivity contribution in [3.05, 3.63) is 35.5 Å². The second-order valence-electron chi connectivity index (χ2n) is 4.87. The van der Waals surface area contributed by atoms with Crippen molar-refractivity contribution in [3.8, 4) is 0 Å². The first-order valence-corrected chi connectivity index (χ1v) is 6.72. The highest BCUT2D eigenvalue weighted by Gasteiger charge is 2.15. The number of rotatable bonds is 6. The summed E-state index contributed by atoms with van der Waals surface area (Å²) in [6.45, 7) is 2.33. The normalized spacial score (nSPS) is 10.9. The Labute approximate surface area is 117 Å². The summed E-state index contributed by atoms with van der Waals surface area (Å²) in [5, 5.41) is 19.0. The first-order valence-electron chi connectivity index (χ1n) is 6.72. The smallest absolute Gasteiger partial charge is 0.227 e. The molecule has 1 aromatic heterocycles. The topological polar surface area (TPSA) is 76.6 Å². The molecule has 2 rings (SSSR count). The Morgan fingerprint density at radius 3 is 2.60 bits per heavy atom. The van der Waals surface area contributed by atoms with E-state index in [-0.39, 0.29) is 38.6 Å². The van der Waals surface area contributed by atoms with E-state index >= 15 is 0 Å². The van der Waals surface area contributed by atoms with Gasteiger partial charge in [0.05, 0.1) is 19.6 Å². The number of aliphatic hydroxyl groups excluding tert-OH is 2. The number of carbonyl (C=O) groups excluding carboxylic acids is 1. The summed E-state index contributed by atoms with van der Waals surface area (Å²) < 4.78 is 0. The van der Waals surface area contributed by atoms with E-state index in [1.165, 1.54) is 10.5 Å². The maximum atomic E-state index is 12.2.